The molecule has 0 fully saturated rings. The van der Waals surface area contributed by atoms with E-state index in [1.54, 1.807) is 18.2 Å². The van der Waals surface area contributed by atoms with Gasteiger partial charge in [0.05, 0.1) is 5.56 Å². The maximum atomic E-state index is 8.76. The van der Waals surface area contributed by atoms with E-state index in [1.807, 2.05) is 6.07 Å². The van der Waals surface area contributed by atoms with Gasteiger partial charge in [-0.15, -0.1) is 0 Å². The molecule has 3 nitrogen and oxygen atoms in total. The fourth-order valence-electron chi connectivity index (χ4n) is 0.924. The average molecular weight is 188 g/mol. The smallest absolute Gasteiger partial charge is 0.137 e. The van der Waals surface area contributed by atoms with E-state index in [2.05, 4.69) is 12.6 Å². The van der Waals surface area contributed by atoms with Crippen molar-refractivity contribution in [2.75, 3.05) is 13.2 Å². The van der Waals surface area contributed by atoms with Gasteiger partial charge in [-0.1, -0.05) is 18.7 Å². The number of benzene rings is 1. The van der Waals surface area contributed by atoms with Gasteiger partial charge >= 0.3 is 0 Å². The molecule has 0 saturated carbocycles. The topological polar surface area (TPSA) is 59.0 Å². The quantitative estimate of drug-likeness (QED) is 0.727. The molecule has 0 radical (unpaired) electrons. The molecular formula is C11H12N2O. The van der Waals surface area contributed by atoms with E-state index < -0.39 is 0 Å². The van der Waals surface area contributed by atoms with Gasteiger partial charge in [0, 0.05) is 6.54 Å². The largest absolute Gasteiger partial charge is 0.488 e. The summed E-state index contributed by atoms with van der Waals surface area (Å²) < 4.78 is 5.38. The maximum absolute atomic E-state index is 8.76. The van der Waals surface area contributed by atoms with E-state index in [0.29, 0.717) is 24.5 Å². The molecule has 14 heavy (non-hydrogen) atoms. The lowest BCUT2D eigenvalue weighted by Gasteiger charge is -2.07. The van der Waals surface area contributed by atoms with Crippen LogP contribution in [-0.2, 0) is 0 Å². The molecule has 0 aliphatic carbocycles. The van der Waals surface area contributed by atoms with E-state index in [4.69, 9.17) is 15.7 Å². The number of nitriles is 1. The molecule has 3 heteroatoms. The van der Waals surface area contributed by atoms with Gasteiger partial charge in [0.2, 0.25) is 0 Å². The first-order valence-corrected chi connectivity index (χ1v) is 4.26. The zero-order valence-electron chi connectivity index (χ0n) is 7.86. The van der Waals surface area contributed by atoms with Gasteiger partial charge in [0.1, 0.15) is 18.4 Å². The number of hydrogen-bond donors (Lipinski definition) is 1. The summed E-state index contributed by atoms with van der Waals surface area (Å²) in [6.07, 6.45) is 0. The van der Waals surface area contributed by atoms with Crippen molar-refractivity contribution in [3.63, 3.8) is 0 Å². The fourth-order valence-corrected chi connectivity index (χ4v) is 0.924. The lowest BCUT2D eigenvalue weighted by atomic mass is 10.2. The zero-order valence-corrected chi connectivity index (χ0v) is 7.86. The van der Waals surface area contributed by atoms with Crippen LogP contribution in [-0.4, -0.2) is 13.2 Å². The van der Waals surface area contributed by atoms with E-state index in [9.17, 15) is 0 Å². The minimum Gasteiger partial charge on any atom is -0.488 e. The number of nitrogens with two attached hydrogens (primary N) is 1. The number of nitrogens with zero attached hydrogens (tertiary/aromatic N) is 1. The molecule has 1 aromatic rings. The lowest BCUT2D eigenvalue weighted by Crippen LogP contribution is -2.10. The molecule has 2 N–H and O–H groups in total. The molecule has 0 spiro atoms. The van der Waals surface area contributed by atoms with Crippen LogP contribution >= 0.6 is 0 Å². The molecule has 0 amide bonds. The first kappa shape index (κ1) is 10.3. The normalized spacial score (nSPS) is 9.14. The molecule has 0 aliphatic heterocycles. The van der Waals surface area contributed by atoms with Crippen molar-refractivity contribution in [1.29, 1.82) is 5.26 Å². The summed E-state index contributed by atoms with van der Waals surface area (Å²) in [5.41, 5.74) is 6.69. The van der Waals surface area contributed by atoms with Crippen molar-refractivity contribution in [2.24, 2.45) is 5.73 Å². The molecular weight excluding hydrogens is 176 g/mol. The van der Waals surface area contributed by atoms with Crippen molar-refractivity contribution in [3.05, 3.63) is 42.0 Å². The summed E-state index contributed by atoms with van der Waals surface area (Å²) >= 11 is 0. The Hall–Kier alpha value is -1.79. The monoisotopic (exact) mass is 188 g/mol. The molecule has 0 aromatic heterocycles. The summed E-state index contributed by atoms with van der Waals surface area (Å²) in [6.45, 7) is 4.46. The second kappa shape index (κ2) is 5.05. The minimum atomic E-state index is 0.356. The third kappa shape index (κ3) is 2.61. The van der Waals surface area contributed by atoms with Gasteiger partial charge in [-0.3, -0.25) is 0 Å². The lowest BCUT2D eigenvalue weighted by molar-refractivity contribution is 0.350. The van der Waals surface area contributed by atoms with Crippen LogP contribution in [0.15, 0.2) is 36.4 Å². The Morgan fingerprint density at radius 3 is 2.86 bits per heavy atom. The number of rotatable bonds is 4. The van der Waals surface area contributed by atoms with Crippen LogP contribution in [0.1, 0.15) is 5.56 Å². The predicted octanol–water partition coefficient (Wildman–Crippen LogP) is 1.45. The molecule has 0 aliphatic rings. The van der Waals surface area contributed by atoms with E-state index in [-0.39, 0.29) is 0 Å². The van der Waals surface area contributed by atoms with Crippen molar-refractivity contribution in [1.82, 2.24) is 0 Å². The minimum absolute atomic E-state index is 0.356. The molecule has 1 aromatic carbocycles. The van der Waals surface area contributed by atoms with Crippen LogP contribution in [0.2, 0.25) is 0 Å². The van der Waals surface area contributed by atoms with Crippen LogP contribution in [0, 0.1) is 11.3 Å². The van der Waals surface area contributed by atoms with Crippen molar-refractivity contribution in [3.8, 4) is 11.8 Å². The van der Waals surface area contributed by atoms with E-state index in [1.165, 1.54) is 0 Å². The maximum Gasteiger partial charge on any atom is 0.137 e. The number of hydrogen-bond acceptors (Lipinski definition) is 3. The van der Waals surface area contributed by atoms with E-state index in [0.717, 1.165) is 5.57 Å². The number of ether oxygens (including phenoxy) is 1. The van der Waals surface area contributed by atoms with E-state index >= 15 is 0 Å². The molecule has 0 saturated heterocycles. The van der Waals surface area contributed by atoms with Gasteiger partial charge in [0.15, 0.2) is 0 Å². The fraction of sp³-hybridized carbons (Fsp3) is 0.182. The Morgan fingerprint density at radius 1 is 1.50 bits per heavy atom. The van der Waals surface area contributed by atoms with Gasteiger partial charge in [-0.2, -0.15) is 5.26 Å². The van der Waals surface area contributed by atoms with Crippen molar-refractivity contribution < 1.29 is 4.74 Å². The van der Waals surface area contributed by atoms with Crippen LogP contribution < -0.4 is 10.5 Å². The molecule has 0 heterocycles. The Bertz CT molecular complexity index is 366. The molecule has 0 bridgehead atoms. The van der Waals surface area contributed by atoms with Gasteiger partial charge in [-0.05, 0) is 17.7 Å². The van der Waals surface area contributed by atoms with Gasteiger partial charge in [0.25, 0.3) is 0 Å². The highest BCUT2D eigenvalue weighted by Crippen LogP contribution is 2.16. The second-order valence-corrected chi connectivity index (χ2v) is 2.85. The number of para-hydroxylation sites is 1. The van der Waals surface area contributed by atoms with Crippen molar-refractivity contribution >= 4 is 0 Å². The third-order valence-corrected chi connectivity index (χ3v) is 1.73. The molecule has 0 unspecified atom stereocenters. The van der Waals surface area contributed by atoms with Crippen LogP contribution in [0.3, 0.4) is 0 Å². The molecule has 1 rings (SSSR count). The highest BCUT2D eigenvalue weighted by atomic mass is 16.5. The van der Waals surface area contributed by atoms with Gasteiger partial charge in [-0.25, -0.2) is 0 Å². The molecule has 72 valence electrons. The Morgan fingerprint density at radius 2 is 2.21 bits per heavy atom. The third-order valence-electron chi connectivity index (χ3n) is 1.73. The Kier molecular flexibility index (Phi) is 3.71. The average Bonchev–Trinajstić information content (AvgIpc) is 2.26. The summed E-state index contributed by atoms with van der Waals surface area (Å²) in [7, 11) is 0. The first-order chi connectivity index (χ1) is 6.77. The first-order valence-electron chi connectivity index (χ1n) is 4.26. The summed E-state index contributed by atoms with van der Waals surface area (Å²) in [4.78, 5) is 0. The highest BCUT2D eigenvalue weighted by molar-refractivity contribution is 5.42. The van der Waals surface area contributed by atoms with Crippen LogP contribution in [0.4, 0.5) is 0 Å². The SMILES string of the molecule is C=C(CN)COc1ccccc1C#N. The predicted molar refractivity (Wildman–Crippen MR) is 54.8 cm³/mol. The highest BCUT2D eigenvalue weighted by Gasteiger charge is 2.01. The van der Waals surface area contributed by atoms with Crippen molar-refractivity contribution in [2.45, 2.75) is 0 Å². The van der Waals surface area contributed by atoms with Crippen LogP contribution in [0.5, 0.6) is 5.75 Å². The summed E-state index contributed by atoms with van der Waals surface area (Å²) in [5.74, 6) is 0.574. The second-order valence-electron chi connectivity index (χ2n) is 2.85. The zero-order chi connectivity index (χ0) is 10.4. The Balaban J connectivity index is 2.68. The Labute approximate surface area is 83.4 Å². The standard InChI is InChI=1S/C11H12N2O/c1-9(6-12)8-14-11-5-3-2-4-10(11)7-13/h2-5H,1,6,8,12H2. The van der Waals surface area contributed by atoms with Crippen LogP contribution in [0.25, 0.3) is 0 Å². The van der Waals surface area contributed by atoms with Gasteiger partial charge < -0.3 is 10.5 Å². The summed E-state index contributed by atoms with van der Waals surface area (Å²) in [5, 5.41) is 8.76. The molecule has 0 atom stereocenters. The summed E-state index contributed by atoms with van der Waals surface area (Å²) in [6, 6.07) is 9.13.